The summed E-state index contributed by atoms with van der Waals surface area (Å²) in [6.07, 6.45) is 6.33. The highest BCUT2D eigenvalue weighted by molar-refractivity contribution is 6.30. The lowest BCUT2D eigenvalue weighted by atomic mass is 9.87. The van der Waals surface area contributed by atoms with Crippen molar-refractivity contribution < 1.29 is 14.4 Å². The smallest absolute Gasteiger partial charge is 0.319 e. The number of anilines is 1. The predicted octanol–water partition coefficient (Wildman–Crippen LogP) is 3.45. The lowest BCUT2D eigenvalue weighted by Crippen LogP contribution is -2.44. The molecule has 1 aromatic heterocycles. The maximum Gasteiger partial charge on any atom is 0.325 e. The van der Waals surface area contributed by atoms with Gasteiger partial charge in [-0.05, 0) is 37.0 Å². The van der Waals surface area contributed by atoms with E-state index in [0.717, 1.165) is 30.6 Å². The highest BCUT2D eigenvalue weighted by atomic mass is 35.5. The van der Waals surface area contributed by atoms with Crippen LogP contribution in [-0.2, 0) is 15.1 Å². The molecule has 1 unspecified atom stereocenters. The molecule has 0 bridgehead atoms. The fraction of sp³-hybridized carbons (Fsp3) is 0.429. The fourth-order valence-electron chi connectivity index (χ4n) is 4.32. The van der Waals surface area contributed by atoms with Crippen LogP contribution in [0, 0.1) is 0 Å². The first-order chi connectivity index (χ1) is 14.4. The highest BCUT2D eigenvalue weighted by Gasteiger charge is 2.51. The van der Waals surface area contributed by atoms with Crippen molar-refractivity contribution in [1.29, 1.82) is 0 Å². The quantitative estimate of drug-likeness (QED) is 0.687. The van der Waals surface area contributed by atoms with Gasteiger partial charge < -0.3 is 10.6 Å². The van der Waals surface area contributed by atoms with Crippen LogP contribution >= 0.6 is 11.6 Å². The number of rotatable bonds is 6. The maximum absolute atomic E-state index is 13.2. The summed E-state index contributed by atoms with van der Waals surface area (Å²) in [5, 5.41) is 10.4. The minimum absolute atomic E-state index is 0.268. The topological polar surface area (TPSA) is 96.3 Å². The molecule has 158 valence electrons. The van der Waals surface area contributed by atoms with Gasteiger partial charge in [0.2, 0.25) is 5.91 Å². The maximum atomic E-state index is 13.2. The van der Waals surface area contributed by atoms with E-state index in [2.05, 4.69) is 15.7 Å². The van der Waals surface area contributed by atoms with Crippen LogP contribution < -0.4 is 10.6 Å². The van der Waals surface area contributed by atoms with E-state index in [-0.39, 0.29) is 12.6 Å². The molecule has 8 nitrogen and oxygen atoms in total. The molecule has 4 amide bonds. The molecule has 1 aliphatic heterocycles. The van der Waals surface area contributed by atoms with Gasteiger partial charge in [-0.2, -0.15) is 5.10 Å². The Labute approximate surface area is 179 Å². The van der Waals surface area contributed by atoms with Crippen LogP contribution in [0.4, 0.5) is 10.6 Å². The molecule has 2 fully saturated rings. The molecule has 2 aromatic rings. The summed E-state index contributed by atoms with van der Waals surface area (Å²) in [5.74, 6) is -0.309. The number of hydrogen-bond donors (Lipinski definition) is 2. The fourth-order valence-corrected chi connectivity index (χ4v) is 4.45. The van der Waals surface area contributed by atoms with Crippen molar-refractivity contribution >= 4 is 35.3 Å². The molecule has 4 rings (SSSR count). The molecule has 2 N–H and O–H groups in total. The van der Waals surface area contributed by atoms with Crippen molar-refractivity contribution in [2.24, 2.45) is 0 Å². The first-order valence-electron chi connectivity index (χ1n) is 10.2. The van der Waals surface area contributed by atoms with Crippen LogP contribution in [0.2, 0.25) is 5.02 Å². The number of aromatic nitrogens is 2. The van der Waals surface area contributed by atoms with Gasteiger partial charge in [0.1, 0.15) is 17.9 Å². The number of hydrogen-bond acceptors (Lipinski definition) is 4. The van der Waals surface area contributed by atoms with Gasteiger partial charge >= 0.3 is 6.03 Å². The van der Waals surface area contributed by atoms with Crippen molar-refractivity contribution in [3.63, 3.8) is 0 Å². The zero-order valence-electron chi connectivity index (χ0n) is 16.7. The summed E-state index contributed by atoms with van der Waals surface area (Å²) in [7, 11) is 0. The van der Waals surface area contributed by atoms with Crippen molar-refractivity contribution in [2.75, 3.05) is 11.9 Å². The van der Waals surface area contributed by atoms with Gasteiger partial charge in [0.05, 0.1) is 12.2 Å². The Morgan fingerprint density at radius 2 is 1.93 bits per heavy atom. The van der Waals surface area contributed by atoms with Crippen molar-refractivity contribution in [2.45, 2.75) is 50.6 Å². The van der Waals surface area contributed by atoms with E-state index in [4.69, 9.17) is 11.6 Å². The second-order valence-electron chi connectivity index (χ2n) is 7.73. The lowest BCUT2D eigenvalue weighted by Gasteiger charge is -2.25. The van der Waals surface area contributed by atoms with Gasteiger partial charge in [0.15, 0.2) is 0 Å². The Balaban J connectivity index is 1.49. The number of carbonyl (C=O) groups is 3. The van der Waals surface area contributed by atoms with Crippen LogP contribution in [0.5, 0.6) is 0 Å². The van der Waals surface area contributed by atoms with E-state index in [1.807, 2.05) is 11.6 Å². The number of nitrogens with one attached hydrogen (secondary N) is 2. The summed E-state index contributed by atoms with van der Waals surface area (Å²) in [5.41, 5.74) is -0.567. The third-order valence-corrected chi connectivity index (χ3v) is 6.21. The third kappa shape index (κ3) is 3.56. The van der Waals surface area contributed by atoms with Gasteiger partial charge in [0, 0.05) is 11.1 Å². The number of carbonyl (C=O) groups excluding carboxylic acids is 3. The number of halogens is 1. The molecule has 2 aliphatic rings. The summed E-state index contributed by atoms with van der Waals surface area (Å²) in [4.78, 5) is 39.4. The lowest BCUT2D eigenvalue weighted by molar-refractivity contribution is -0.134. The summed E-state index contributed by atoms with van der Waals surface area (Å²) in [6.45, 7) is 1.45. The van der Waals surface area contributed by atoms with E-state index in [9.17, 15) is 14.4 Å². The zero-order chi connectivity index (χ0) is 21.3. The first kappa shape index (κ1) is 20.4. The number of urea groups is 1. The molecular formula is C21H24ClN5O3. The SMILES string of the molecule is CCC1(c2ccc(Cl)cc2)NC(=O)N(CC(=O)Nc2ccnn2C2CCCC2)C1=O. The molecule has 1 saturated carbocycles. The largest absolute Gasteiger partial charge is 0.325 e. The molecule has 0 radical (unpaired) electrons. The average molecular weight is 430 g/mol. The summed E-state index contributed by atoms with van der Waals surface area (Å²) in [6, 6.07) is 8.19. The molecule has 2 heterocycles. The van der Waals surface area contributed by atoms with Crippen molar-refractivity contribution in [3.8, 4) is 0 Å². The van der Waals surface area contributed by atoms with Crippen LogP contribution in [0.3, 0.4) is 0 Å². The second-order valence-corrected chi connectivity index (χ2v) is 8.17. The number of imide groups is 1. The Hall–Kier alpha value is -2.87. The molecule has 1 atom stereocenters. The Morgan fingerprint density at radius 1 is 1.23 bits per heavy atom. The van der Waals surface area contributed by atoms with Crippen LogP contribution in [0.1, 0.15) is 50.6 Å². The minimum atomic E-state index is -1.20. The Bertz CT molecular complexity index is 967. The second kappa shape index (κ2) is 8.10. The number of nitrogens with zero attached hydrogens (tertiary/aromatic N) is 3. The Kier molecular flexibility index (Phi) is 5.51. The van der Waals surface area contributed by atoms with E-state index in [0.29, 0.717) is 22.8 Å². The molecule has 1 saturated heterocycles. The monoisotopic (exact) mass is 429 g/mol. The van der Waals surface area contributed by atoms with Crippen LogP contribution in [-0.4, -0.2) is 39.1 Å². The number of benzene rings is 1. The van der Waals surface area contributed by atoms with Crippen molar-refractivity contribution in [1.82, 2.24) is 20.0 Å². The van der Waals surface area contributed by atoms with E-state index < -0.39 is 23.4 Å². The van der Waals surface area contributed by atoms with Gasteiger partial charge in [-0.3, -0.25) is 14.5 Å². The predicted molar refractivity (Wildman–Crippen MR) is 112 cm³/mol. The highest BCUT2D eigenvalue weighted by Crippen LogP contribution is 2.33. The van der Waals surface area contributed by atoms with E-state index >= 15 is 0 Å². The van der Waals surface area contributed by atoms with Gasteiger partial charge in [0.25, 0.3) is 5.91 Å². The summed E-state index contributed by atoms with van der Waals surface area (Å²) >= 11 is 5.95. The average Bonchev–Trinajstić information content (AvgIpc) is 3.45. The Morgan fingerprint density at radius 3 is 2.60 bits per heavy atom. The molecule has 0 spiro atoms. The van der Waals surface area contributed by atoms with E-state index in [1.54, 1.807) is 36.5 Å². The standard InChI is InChI=1S/C21H24ClN5O3/c1-2-21(14-7-9-15(22)10-8-14)19(29)26(20(30)25-21)13-18(28)24-17-11-12-23-27(17)16-5-3-4-6-16/h7-12,16H,2-6,13H2,1H3,(H,24,28)(H,25,30). The minimum Gasteiger partial charge on any atom is -0.319 e. The molecular weight excluding hydrogens is 406 g/mol. The van der Waals surface area contributed by atoms with Gasteiger partial charge in [-0.15, -0.1) is 0 Å². The van der Waals surface area contributed by atoms with Crippen LogP contribution in [0.15, 0.2) is 36.5 Å². The number of amides is 4. The normalized spacial score (nSPS) is 21.9. The molecule has 1 aliphatic carbocycles. The van der Waals surface area contributed by atoms with Crippen molar-refractivity contribution in [3.05, 3.63) is 47.1 Å². The first-order valence-corrected chi connectivity index (χ1v) is 10.6. The van der Waals surface area contributed by atoms with Crippen LogP contribution in [0.25, 0.3) is 0 Å². The molecule has 9 heteroatoms. The molecule has 30 heavy (non-hydrogen) atoms. The molecule has 1 aromatic carbocycles. The van der Waals surface area contributed by atoms with Gasteiger partial charge in [-0.25, -0.2) is 9.48 Å². The zero-order valence-corrected chi connectivity index (χ0v) is 17.5. The third-order valence-electron chi connectivity index (χ3n) is 5.95. The summed E-state index contributed by atoms with van der Waals surface area (Å²) < 4.78 is 1.82. The van der Waals surface area contributed by atoms with Gasteiger partial charge in [-0.1, -0.05) is 43.5 Å². The van der Waals surface area contributed by atoms with E-state index in [1.165, 1.54) is 0 Å².